The van der Waals surface area contributed by atoms with Crippen LogP contribution < -0.4 is 15.8 Å². The molecule has 0 aliphatic heterocycles. The van der Waals surface area contributed by atoms with Crippen LogP contribution in [-0.4, -0.2) is 27.5 Å². The molecule has 148 valence electrons. The predicted octanol–water partition coefficient (Wildman–Crippen LogP) is 3.00. The van der Waals surface area contributed by atoms with Gasteiger partial charge in [-0.25, -0.2) is 18.5 Å². The second-order valence-electron chi connectivity index (χ2n) is 7.36. The molecular formula is C19H34N4O2S. The zero-order valence-electron chi connectivity index (χ0n) is 16.5. The zero-order chi connectivity index (χ0) is 19.6. The van der Waals surface area contributed by atoms with Gasteiger partial charge in [0.05, 0.1) is 11.4 Å². The molecule has 0 amide bonds. The van der Waals surface area contributed by atoms with Crippen molar-refractivity contribution in [2.24, 2.45) is 15.5 Å². The van der Waals surface area contributed by atoms with Crippen LogP contribution in [0.1, 0.15) is 58.9 Å². The predicted molar refractivity (Wildman–Crippen MR) is 109 cm³/mol. The summed E-state index contributed by atoms with van der Waals surface area (Å²) in [5.74, 6) is 0.733. The monoisotopic (exact) mass is 382 g/mol. The van der Waals surface area contributed by atoms with Gasteiger partial charge in [0, 0.05) is 13.1 Å². The van der Waals surface area contributed by atoms with E-state index >= 15 is 0 Å². The number of primary sulfonamides is 1. The molecule has 7 heteroatoms. The van der Waals surface area contributed by atoms with Crippen LogP contribution in [0.15, 0.2) is 34.2 Å². The van der Waals surface area contributed by atoms with Crippen LogP contribution in [0.2, 0.25) is 0 Å². The van der Waals surface area contributed by atoms with Gasteiger partial charge in [-0.2, -0.15) is 0 Å². The quantitative estimate of drug-likeness (QED) is 0.329. The average molecular weight is 383 g/mol. The average Bonchev–Trinajstić information content (AvgIpc) is 2.57. The van der Waals surface area contributed by atoms with E-state index in [1.54, 1.807) is 12.1 Å². The summed E-state index contributed by atoms with van der Waals surface area (Å²) in [6.45, 7) is 10.7. The standard InChI is InChI=1S/C19H34N4O2S/c1-5-7-8-12-19(3,4)15-23-18(21-6-2)22-14-16-10-9-11-17(13-16)26(20,24)25/h9-11,13H,5-8,12,14-15H2,1-4H3,(H2,20,24,25)(H2,21,22,23). The number of rotatable bonds is 10. The molecule has 0 fully saturated rings. The molecule has 0 saturated heterocycles. The van der Waals surface area contributed by atoms with Crippen LogP contribution in [0, 0.1) is 5.41 Å². The van der Waals surface area contributed by atoms with Crippen LogP contribution in [0.4, 0.5) is 0 Å². The van der Waals surface area contributed by atoms with E-state index in [-0.39, 0.29) is 10.3 Å². The third kappa shape index (κ3) is 8.67. The van der Waals surface area contributed by atoms with Gasteiger partial charge in [-0.1, -0.05) is 52.2 Å². The number of hydrogen-bond donors (Lipinski definition) is 3. The number of aliphatic imine (C=N–C) groups is 1. The van der Waals surface area contributed by atoms with Gasteiger partial charge in [0.25, 0.3) is 0 Å². The molecule has 0 aliphatic carbocycles. The van der Waals surface area contributed by atoms with Crippen molar-refractivity contribution in [3.05, 3.63) is 29.8 Å². The van der Waals surface area contributed by atoms with Gasteiger partial charge in [0.2, 0.25) is 10.0 Å². The van der Waals surface area contributed by atoms with Crippen molar-refractivity contribution < 1.29 is 8.42 Å². The topological polar surface area (TPSA) is 96.6 Å². The lowest BCUT2D eigenvalue weighted by Gasteiger charge is -2.26. The lowest BCUT2D eigenvalue weighted by atomic mass is 9.87. The second kappa shape index (κ2) is 10.5. The molecule has 0 bridgehead atoms. The largest absolute Gasteiger partial charge is 0.357 e. The number of hydrogen-bond acceptors (Lipinski definition) is 3. The molecule has 26 heavy (non-hydrogen) atoms. The first-order chi connectivity index (χ1) is 12.2. The first-order valence-corrected chi connectivity index (χ1v) is 10.9. The van der Waals surface area contributed by atoms with E-state index in [4.69, 9.17) is 5.14 Å². The molecule has 0 aliphatic rings. The van der Waals surface area contributed by atoms with E-state index in [1.165, 1.54) is 31.7 Å². The summed E-state index contributed by atoms with van der Waals surface area (Å²) < 4.78 is 22.9. The lowest BCUT2D eigenvalue weighted by Crippen LogP contribution is -2.42. The fraction of sp³-hybridized carbons (Fsp3) is 0.632. The van der Waals surface area contributed by atoms with E-state index in [1.807, 2.05) is 13.0 Å². The first-order valence-electron chi connectivity index (χ1n) is 9.32. The number of sulfonamides is 1. The van der Waals surface area contributed by atoms with Crippen molar-refractivity contribution in [1.82, 2.24) is 10.6 Å². The Morgan fingerprint density at radius 1 is 1.19 bits per heavy atom. The lowest BCUT2D eigenvalue weighted by molar-refractivity contribution is 0.318. The van der Waals surface area contributed by atoms with E-state index in [0.717, 1.165) is 24.6 Å². The van der Waals surface area contributed by atoms with Gasteiger partial charge in [0.15, 0.2) is 5.96 Å². The summed E-state index contributed by atoms with van der Waals surface area (Å²) in [5.41, 5.74) is 0.995. The summed E-state index contributed by atoms with van der Waals surface area (Å²) in [4.78, 5) is 4.68. The summed E-state index contributed by atoms with van der Waals surface area (Å²) in [6, 6.07) is 6.58. The summed E-state index contributed by atoms with van der Waals surface area (Å²) in [5, 5.41) is 11.8. The zero-order valence-corrected chi connectivity index (χ0v) is 17.3. The SMILES string of the molecule is CCCCCC(C)(C)CNC(=NCc1cccc(S(N)(=O)=O)c1)NCC. The molecule has 0 radical (unpaired) electrons. The van der Waals surface area contributed by atoms with Crippen molar-refractivity contribution in [2.75, 3.05) is 13.1 Å². The Balaban J connectivity index is 2.72. The second-order valence-corrected chi connectivity index (χ2v) is 8.92. The van der Waals surface area contributed by atoms with E-state index in [2.05, 4.69) is 36.4 Å². The minimum Gasteiger partial charge on any atom is -0.357 e. The van der Waals surface area contributed by atoms with Crippen LogP contribution in [-0.2, 0) is 16.6 Å². The smallest absolute Gasteiger partial charge is 0.238 e. The fourth-order valence-electron chi connectivity index (χ4n) is 2.60. The third-order valence-electron chi connectivity index (χ3n) is 4.18. The van der Waals surface area contributed by atoms with Gasteiger partial charge in [0.1, 0.15) is 0 Å². The molecule has 0 spiro atoms. The number of guanidine groups is 1. The van der Waals surface area contributed by atoms with Crippen LogP contribution in [0.25, 0.3) is 0 Å². The molecule has 1 aromatic rings. The molecule has 0 aromatic heterocycles. The molecular weight excluding hydrogens is 348 g/mol. The highest BCUT2D eigenvalue weighted by Crippen LogP contribution is 2.22. The molecule has 6 nitrogen and oxygen atoms in total. The third-order valence-corrected chi connectivity index (χ3v) is 5.09. The Morgan fingerprint density at radius 2 is 1.92 bits per heavy atom. The number of benzene rings is 1. The van der Waals surface area contributed by atoms with E-state index in [9.17, 15) is 8.42 Å². The Bertz CT molecular complexity index is 685. The Morgan fingerprint density at radius 3 is 2.54 bits per heavy atom. The Kier molecular flexibility index (Phi) is 9.08. The Hall–Kier alpha value is -1.60. The summed E-state index contributed by atoms with van der Waals surface area (Å²) in [6.07, 6.45) is 4.89. The molecule has 4 N–H and O–H groups in total. The van der Waals surface area contributed by atoms with Crippen molar-refractivity contribution in [3.63, 3.8) is 0 Å². The summed E-state index contributed by atoms with van der Waals surface area (Å²) in [7, 11) is -3.69. The molecule has 0 atom stereocenters. The number of unbranched alkanes of at least 4 members (excludes halogenated alkanes) is 2. The minimum atomic E-state index is -3.69. The maximum absolute atomic E-state index is 11.5. The van der Waals surface area contributed by atoms with Gasteiger partial charge in [-0.3, -0.25) is 0 Å². The normalized spacial score (nSPS) is 12.9. The van der Waals surface area contributed by atoms with Crippen LogP contribution in [0.3, 0.4) is 0 Å². The fourth-order valence-corrected chi connectivity index (χ4v) is 3.18. The van der Waals surface area contributed by atoms with Crippen molar-refractivity contribution in [1.29, 1.82) is 0 Å². The van der Waals surface area contributed by atoms with Crippen molar-refractivity contribution >= 4 is 16.0 Å². The number of nitrogens with two attached hydrogens (primary N) is 1. The highest BCUT2D eigenvalue weighted by molar-refractivity contribution is 7.89. The maximum Gasteiger partial charge on any atom is 0.238 e. The van der Waals surface area contributed by atoms with Gasteiger partial charge in [-0.15, -0.1) is 0 Å². The molecule has 0 unspecified atom stereocenters. The van der Waals surface area contributed by atoms with Gasteiger partial charge < -0.3 is 10.6 Å². The van der Waals surface area contributed by atoms with E-state index in [0.29, 0.717) is 6.54 Å². The van der Waals surface area contributed by atoms with Gasteiger partial charge >= 0.3 is 0 Å². The highest BCUT2D eigenvalue weighted by atomic mass is 32.2. The molecule has 0 saturated carbocycles. The highest BCUT2D eigenvalue weighted by Gasteiger charge is 2.17. The van der Waals surface area contributed by atoms with Crippen LogP contribution in [0.5, 0.6) is 0 Å². The van der Waals surface area contributed by atoms with Gasteiger partial charge in [-0.05, 0) is 36.5 Å². The number of nitrogens with one attached hydrogen (secondary N) is 2. The molecule has 1 aromatic carbocycles. The first kappa shape index (κ1) is 22.4. The summed E-state index contributed by atoms with van der Waals surface area (Å²) >= 11 is 0. The van der Waals surface area contributed by atoms with E-state index < -0.39 is 10.0 Å². The number of nitrogens with zero attached hydrogens (tertiary/aromatic N) is 1. The van der Waals surface area contributed by atoms with Crippen LogP contribution >= 0.6 is 0 Å². The molecule has 1 rings (SSSR count). The van der Waals surface area contributed by atoms with Crippen molar-refractivity contribution in [3.8, 4) is 0 Å². The van der Waals surface area contributed by atoms with Crippen molar-refractivity contribution in [2.45, 2.75) is 64.8 Å². The Labute approximate surface area is 158 Å². The maximum atomic E-state index is 11.5. The molecule has 0 heterocycles. The minimum absolute atomic E-state index is 0.111.